The molecule has 5 heteroatoms. The molecule has 0 saturated heterocycles. The summed E-state index contributed by atoms with van der Waals surface area (Å²) in [7, 11) is 3.43. The second-order valence-corrected chi connectivity index (χ2v) is 4.61. The number of nitrogens with one attached hydrogen (secondary N) is 1. The summed E-state index contributed by atoms with van der Waals surface area (Å²) in [5.41, 5.74) is 2.20. The lowest BCUT2D eigenvalue weighted by Gasteiger charge is -2.04. The molecule has 1 N–H and O–H groups in total. The average Bonchev–Trinajstić information content (AvgIpc) is 2.71. The van der Waals surface area contributed by atoms with E-state index in [1.165, 1.54) is 0 Å². The summed E-state index contributed by atoms with van der Waals surface area (Å²) in [5.74, 6) is -1.10. The van der Waals surface area contributed by atoms with Crippen molar-refractivity contribution in [3.8, 4) is 0 Å². The number of fused-ring (bicyclic) bond motifs is 1. The molecule has 0 saturated carbocycles. The number of carbonyl (C=O) groups is 2. The van der Waals surface area contributed by atoms with Crippen LogP contribution in [0.25, 0.3) is 10.9 Å². The molecule has 1 aromatic carbocycles. The van der Waals surface area contributed by atoms with Crippen molar-refractivity contribution in [2.24, 2.45) is 7.05 Å². The minimum atomic E-state index is -0.596. The number of methoxy groups -OCH3 is 1. The summed E-state index contributed by atoms with van der Waals surface area (Å²) in [6, 6.07) is 7.57. The van der Waals surface area contributed by atoms with Gasteiger partial charge in [0, 0.05) is 37.3 Å². The van der Waals surface area contributed by atoms with Crippen molar-refractivity contribution in [2.45, 2.75) is 6.92 Å². The van der Waals surface area contributed by atoms with Gasteiger partial charge in [0.2, 0.25) is 0 Å². The van der Waals surface area contributed by atoms with E-state index >= 15 is 0 Å². The first-order valence-corrected chi connectivity index (χ1v) is 6.43. The van der Waals surface area contributed by atoms with E-state index in [2.05, 4.69) is 5.32 Å². The van der Waals surface area contributed by atoms with Crippen molar-refractivity contribution < 1.29 is 14.3 Å². The Labute approximate surface area is 117 Å². The number of ether oxygens (including phenoxy) is 1. The third kappa shape index (κ3) is 2.44. The molecule has 0 aliphatic rings. The van der Waals surface area contributed by atoms with Crippen molar-refractivity contribution in [2.75, 3.05) is 20.3 Å². The van der Waals surface area contributed by atoms with Crippen molar-refractivity contribution in [1.29, 1.82) is 0 Å². The van der Waals surface area contributed by atoms with E-state index in [-0.39, 0.29) is 0 Å². The average molecular weight is 274 g/mol. The Morgan fingerprint density at radius 2 is 2.00 bits per heavy atom. The summed E-state index contributed by atoms with van der Waals surface area (Å²) < 4.78 is 6.77. The Morgan fingerprint density at radius 3 is 2.70 bits per heavy atom. The van der Waals surface area contributed by atoms with E-state index in [1.54, 1.807) is 7.11 Å². The fourth-order valence-electron chi connectivity index (χ4n) is 2.27. The van der Waals surface area contributed by atoms with Crippen LogP contribution in [0.2, 0.25) is 0 Å². The normalized spacial score (nSPS) is 10.8. The van der Waals surface area contributed by atoms with Gasteiger partial charge in [-0.3, -0.25) is 9.59 Å². The quantitative estimate of drug-likeness (QED) is 0.510. The first-order valence-electron chi connectivity index (χ1n) is 6.43. The first-order chi connectivity index (χ1) is 9.57. The molecule has 0 bridgehead atoms. The van der Waals surface area contributed by atoms with E-state index in [0.717, 1.165) is 16.6 Å². The highest BCUT2D eigenvalue weighted by molar-refractivity contribution is 6.45. The van der Waals surface area contributed by atoms with Crippen LogP contribution in [0, 0.1) is 6.92 Å². The van der Waals surface area contributed by atoms with Crippen LogP contribution in [0.1, 0.15) is 16.1 Å². The summed E-state index contributed by atoms with van der Waals surface area (Å²) in [5, 5.41) is 3.37. The van der Waals surface area contributed by atoms with Crippen molar-refractivity contribution >= 4 is 22.6 Å². The minimum Gasteiger partial charge on any atom is -0.383 e. The van der Waals surface area contributed by atoms with E-state index in [9.17, 15) is 9.59 Å². The Balaban J connectivity index is 2.35. The number of aromatic nitrogens is 1. The molecule has 0 atom stereocenters. The molecule has 1 aromatic heterocycles. The van der Waals surface area contributed by atoms with E-state index < -0.39 is 11.7 Å². The molecule has 1 amide bonds. The zero-order valence-corrected chi connectivity index (χ0v) is 11.9. The number of hydrogen-bond acceptors (Lipinski definition) is 3. The highest BCUT2D eigenvalue weighted by atomic mass is 16.5. The number of carbonyl (C=O) groups excluding carboxylic acids is 2. The van der Waals surface area contributed by atoms with Crippen LogP contribution in [0.3, 0.4) is 0 Å². The lowest BCUT2D eigenvalue weighted by molar-refractivity contribution is -0.117. The van der Waals surface area contributed by atoms with Gasteiger partial charge in [-0.2, -0.15) is 0 Å². The number of para-hydroxylation sites is 1. The number of hydrogen-bond donors (Lipinski definition) is 1. The van der Waals surface area contributed by atoms with Gasteiger partial charge >= 0.3 is 0 Å². The summed E-state index contributed by atoms with van der Waals surface area (Å²) >= 11 is 0. The van der Waals surface area contributed by atoms with Crippen LogP contribution >= 0.6 is 0 Å². The lowest BCUT2D eigenvalue weighted by atomic mass is 10.1. The predicted molar refractivity (Wildman–Crippen MR) is 76.9 cm³/mol. The van der Waals surface area contributed by atoms with E-state index in [0.29, 0.717) is 18.7 Å². The lowest BCUT2D eigenvalue weighted by Crippen LogP contribution is -2.33. The maximum absolute atomic E-state index is 12.3. The molecule has 1 heterocycles. The Kier molecular flexibility index (Phi) is 4.20. The standard InChI is InChI=1S/C15H18N2O3/c1-10-13(14(18)15(19)16-8-9-20-3)11-6-4-5-7-12(11)17(10)2/h4-7H,8-9H2,1-3H3,(H,16,19). The number of benzene rings is 1. The third-order valence-electron chi connectivity index (χ3n) is 3.42. The SMILES string of the molecule is COCCNC(=O)C(=O)c1c(C)n(C)c2ccccc12. The topological polar surface area (TPSA) is 60.3 Å². The van der Waals surface area contributed by atoms with Gasteiger partial charge in [0.15, 0.2) is 0 Å². The molecular weight excluding hydrogens is 256 g/mol. The maximum Gasteiger partial charge on any atom is 0.292 e. The van der Waals surface area contributed by atoms with Gasteiger partial charge in [-0.05, 0) is 13.0 Å². The second kappa shape index (κ2) is 5.88. The molecule has 2 aromatic rings. The van der Waals surface area contributed by atoms with Gasteiger partial charge < -0.3 is 14.6 Å². The Morgan fingerprint density at radius 1 is 1.30 bits per heavy atom. The van der Waals surface area contributed by atoms with Crippen molar-refractivity contribution in [3.05, 3.63) is 35.5 Å². The molecule has 0 spiro atoms. The molecular formula is C15H18N2O3. The van der Waals surface area contributed by atoms with Crippen molar-refractivity contribution in [1.82, 2.24) is 9.88 Å². The van der Waals surface area contributed by atoms with Gasteiger partial charge in [-0.1, -0.05) is 18.2 Å². The molecule has 106 valence electrons. The van der Waals surface area contributed by atoms with Crippen molar-refractivity contribution in [3.63, 3.8) is 0 Å². The zero-order chi connectivity index (χ0) is 14.7. The zero-order valence-electron chi connectivity index (χ0n) is 11.9. The van der Waals surface area contributed by atoms with Gasteiger partial charge in [0.1, 0.15) is 0 Å². The highest BCUT2D eigenvalue weighted by Crippen LogP contribution is 2.25. The Bertz CT molecular complexity index is 658. The number of amides is 1. The van der Waals surface area contributed by atoms with Gasteiger partial charge in [0.25, 0.3) is 11.7 Å². The van der Waals surface area contributed by atoms with Gasteiger partial charge in [0.05, 0.1) is 12.2 Å². The second-order valence-electron chi connectivity index (χ2n) is 4.61. The van der Waals surface area contributed by atoms with E-state index in [4.69, 9.17) is 4.74 Å². The predicted octanol–water partition coefficient (Wildman–Crippen LogP) is 1.43. The number of rotatable bonds is 5. The molecule has 0 unspecified atom stereocenters. The molecule has 0 aliphatic heterocycles. The molecule has 2 rings (SSSR count). The summed E-state index contributed by atoms with van der Waals surface area (Å²) in [6.07, 6.45) is 0. The summed E-state index contributed by atoms with van der Waals surface area (Å²) in [4.78, 5) is 24.2. The molecule has 5 nitrogen and oxygen atoms in total. The number of Topliss-reactive ketones (excluding diaryl/α,β-unsaturated/α-hetero) is 1. The highest BCUT2D eigenvalue weighted by Gasteiger charge is 2.23. The molecule has 0 aliphatic carbocycles. The van der Waals surface area contributed by atoms with Crippen LogP contribution in [-0.2, 0) is 16.6 Å². The maximum atomic E-state index is 12.3. The van der Waals surface area contributed by atoms with Gasteiger partial charge in [-0.25, -0.2) is 0 Å². The fraction of sp³-hybridized carbons (Fsp3) is 0.333. The third-order valence-corrected chi connectivity index (χ3v) is 3.42. The molecule has 0 radical (unpaired) electrons. The fourth-order valence-corrected chi connectivity index (χ4v) is 2.27. The molecule has 20 heavy (non-hydrogen) atoms. The monoisotopic (exact) mass is 274 g/mol. The van der Waals surface area contributed by atoms with Crippen LogP contribution in [0.4, 0.5) is 0 Å². The van der Waals surface area contributed by atoms with E-state index in [1.807, 2.05) is 42.8 Å². The summed E-state index contributed by atoms with van der Waals surface area (Å²) in [6.45, 7) is 2.55. The van der Waals surface area contributed by atoms with Crippen LogP contribution in [0.15, 0.2) is 24.3 Å². The smallest absolute Gasteiger partial charge is 0.292 e. The Hall–Kier alpha value is -2.14. The first kappa shape index (κ1) is 14.3. The number of aryl methyl sites for hydroxylation is 1. The van der Waals surface area contributed by atoms with Crippen LogP contribution in [-0.4, -0.2) is 36.5 Å². The number of ketones is 1. The number of nitrogens with zero attached hydrogens (tertiary/aromatic N) is 1. The van der Waals surface area contributed by atoms with Crippen LogP contribution < -0.4 is 5.32 Å². The van der Waals surface area contributed by atoms with Gasteiger partial charge in [-0.15, -0.1) is 0 Å². The largest absolute Gasteiger partial charge is 0.383 e. The minimum absolute atomic E-state index is 0.324. The van der Waals surface area contributed by atoms with Crippen LogP contribution in [0.5, 0.6) is 0 Å². The molecule has 0 fully saturated rings.